The monoisotopic (exact) mass is 466 g/mol. The number of carboxylic acids is 1. The molecule has 182 valence electrons. The Morgan fingerprint density at radius 2 is 1.47 bits per heavy atom. The fourth-order valence-electron chi connectivity index (χ4n) is 4.32. The molecule has 0 aromatic heterocycles. The molecule has 7 nitrogen and oxygen atoms in total. The number of hydrogen-bond donors (Lipinski definition) is 3. The SMILES string of the molecule is CC(C)(CCC(=O)O)NC(=O)[C@@H](NC(=O)OCC1c2ccccc2-c2ccccc21)C(C)(C)C. The normalized spacial score (nSPS) is 14.0. The fraction of sp³-hybridized carbons (Fsp3) is 0.444. The Kier molecular flexibility index (Phi) is 7.34. The van der Waals surface area contributed by atoms with E-state index in [9.17, 15) is 14.4 Å². The predicted molar refractivity (Wildman–Crippen MR) is 131 cm³/mol. The zero-order valence-corrected chi connectivity index (χ0v) is 20.5. The van der Waals surface area contributed by atoms with Gasteiger partial charge in [-0.3, -0.25) is 9.59 Å². The molecular formula is C27H34N2O5. The number of aliphatic carboxylic acids is 1. The second-order valence-electron chi connectivity index (χ2n) is 10.5. The summed E-state index contributed by atoms with van der Waals surface area (Å²) >= 11 is 0. The van der Waals surface area contributed by atoms with E-state index in [1.165, 1.54) is 0 Å². The van der Waals surface area contributed by atoms with E-state index in [1.54, 1.807) is 13.8 Å². The molecule has 0 heterocycles. The van der Waals surface area contributed by atoms with Gasteiger partial charge in [0.15, 0.2) is 0 Å². The van der Waals surface area contributed by atoms with Crippen molar-refractivity contribution in [3.8, 4) is 11.1 Å². The molecule has 0 fully saturated rings. The van der Waals surface area contributed by atoms with E-state index in [0.29, 0.717) is 0 Å². The molecular weight excluding hydrogens is 432 g/mol. The number of nitrogens with one attached hydrogen (secondary N) is 2. The van der Waals surface area contributed by atoms with E-state index < -0.39 is 29.1 Å². The number of ether oxygens (including phenoxy) is 1. The van der Waals surface area contributed by atoms with Gasteiger partial charge in [0.05, 0.1) is 0 Å². The van der Waals surface area contributed by atoms with Crippen molar-refractivity contribution in [1.82, 2.24) is 10.6 Å². The average molecular weight is 467 g/mol. The second-order valence-corrected chi connectivity index (χ2v) is 10.5. The molecule has 34 heavy (non-hydrogen) atoms. The van der Waals surface area contributed by atoms with Crippen molar-refractivity contribution in [1.29, 1.82) is 0 Å². The molecule has 2 amide bonds. The number of carbonyl (C=O) groups excluding carboxylic acids is 2. The molecule has 2 aromatic rings. The lowest BCUT2D eigenvalue weighted by atomic mass is 9.85. The van der Waals surface area contributed by atoms with Gasteiger partial charge in [0, 0.05) is 17.9 Å². The zero-order valence-electron chi connectivity index (χ0n) is 20.5. The summed E-state index contributed by atoms with van der Waals surface area (Å²) in [6.07, 6.45) is -0.455. The van der Waals surface area contributed by atoms with E-state index in [0.717, 1.165) is 22.3 Å². The first kappa shape index (κ1) is 25.3. The zero-order chi connectivity index (χ0) is 25.1. The van der Waals surface area contributed by atoms with E-state index in [2.05, 4.69) is 22.8 Å². The molecule has 0 bridgehead atoms. The summed E-state index contributed by atoms with van der Waals surface area (Å²) in [5.41, 5.74) is 3.19. The van der Waals surface area contributed by atoms with Gasteiger partial charge in [-0.1, -0.05) is 69.3 Å². The Labute approximate surface area is 200 Å². The number of benzene rings is 2. The highest BCUT2D eigenvalue weighted by molar-refractivity contribution is 5.87. The predicted octanol–water partition coefficient (Wildman–Crippen LogP) is 4.70. The molecule has 2 aromatic carbocycles. The molecule has 1 aliphatic rings. The van der Waals surface area contributed by atoms with Crippen LogP contribution in [0.2, 0.25) is 0 Å². The first-order chi connectivity index (χ1) is 15.9. The van der Waals surface area contributed by atoms with Gasteiger partial charge < -0.3 is 20.5 Å². The van der Waals surface area contributed by atoms with E-state index >= 15 is 0 Å². The molecule has 1 atom stereocenters. The quantitative estimate of drug-likeness (QED) is 0.523. The lowest BCUT2D eigenvalue weighted by Crippen LogP contribution is -2.58. The van der Waals surface area contributed by atoms with Crippen LogP contribution in [0.4, 0.5) is 4.79 Å². The van der Waals surface area contributed by atoms with Gasteiger partial charge in [-0.15, -0.1) is 0 Å². The third kappa shape index (κ3) is 5.95. The van der Waals surface area contributed by atoms with Crippen molar-refractivity contribution in [2.45, 2.75) is 65.0 Å². The number of amides is 2. The molecule has 3 rings (SSSR count). The highest BCUT2D eigenvalue weighted by Gasteiger charge is 2.36. The smallest absolute Gasteiger partial charge is 0.407 e. The Morgan fingerprint density at radius 1 is 0.941 bits per heavy atom. The Balaban J connectivity index is 1.67. The maximum atomic E-state index is 13.0. The minimum atomic E-state index is -0.925. The number of fused-ring (bicyclic) bond motifs is 3. The third-order valence-corrected chi connectivity index (χ3v) is 6.16. The van der Waals surface area contributed by atoms with Gasteiger partial charge in [0.25, 0.3) is 0 Å². The summed E-state index contributed by atoms with van der Waals surface area (Å²) in [6, 6.07) is 15.3. The summed E-state index contributed by atoms with van der Waals surface area (Å²) in [4.78, 5) is 36.7. The molecule has 1 aliphatic carbocycles. The van der Waals surface area contributed by atoms with Crippen LogP contribution in [0.1, 0.15) is 64.5 Å². The van der Waals surface area contributed by atoms with Crippen molar-refractivity contribution >= 4 is 18.0 Å². The van der Waals surface area contributed by atoms with Crippen molar-refractivity contribution in [2.24, 2.45) is 5.41 Å². The van der Waals surface area contributed by atoms with Crippen molar-refractivity contribution in [3.63, 3.8) is 0 Å². The summed E-state index contributed by atoms with van der Waals surface area (Å²) in [6.45, 7) is 9.24. The van der Waals surface area contributed by atoms with Crippen LogP contribution in [0.15, 0.2) is 48.5 Å². The van der Waals surface area contributed by atoms with Crippen molar-refractivity contribution in [3.05, 3.63) is 59.7 Å². The standard InChI is InChI=1S/C27H34N2O5/c1-26(2,3)23(24(32)29-27(4,5)15-14-22(30)31)28-25(33)34-16-21-19-12-8-6-10-17(19)18-11-7-9-13-20(18)21/h6-13,21,23H,14-16H2,1-5H3,(H,28,33)(H,29,32)(H,30,31)/t23-/m1/s1. The van der Waals surface area contributed by atoms with E-state index in [-0.39, 0.29) is 31.3 Å². The lowest BCUT2D eigenvalue weighted by Gasteiger charge is -2.34. The molecule has 0 saturated carbocycles. The first-order valence-corrected chi connectivity index (χ1v) is 11.5. The largest absolute Gasteiger partial charge is 0.481 e. The molecule has 0 unspecified atom stereocenters. The van der Waals surface area contributed by atoms with Crippen molar-refractivity contribution in [2.75, 3.05) is 6.61 Å². The van der Waals surface area contributed by atoms with Gasteiger partial charge in [-0.25, -0.2) is 4.79 Å². The molecule has 0 radical (unpaired) electrons. The van der Waals surface area contributed by atoms with Crippen LogP contribution in [0.25, 0.3) is 11.1 Å². The lowest BCUT2D eigenvalue weighted by molar-refractivity contribution is -0.138. The number of rotatable bonds is 8. The summed E-state index contributed by atoms with van der Waals surface area (Å²) in [5.74, 6) is -1.38. The highest BCUT2D eigenvalue weighted by atomic mass is 16.5. The van der Waals surface area contributed by atoms with Gasteiger partial charge >= 0.3 is 12.1 Å². The molecule has 0 spiro atoms. The minimum absolute atomic E-state index is 0.0622. The van der Waals surface area contributed by atoms with Gasteiger partial charge in [-0.05, 0) is 47.9 Å². The van der Waals surface area contributed by atoms with Crippen LogP contribution in [-0.4, -0.2) is 41.3 Å². The average Bonchev–Trinajstić information content (AvgIpc) is 3.07. The van der Waals surface area contributed by atoms with E-state index in [1.807, 2.05) is 57.2 Å². The minimum Gasteiger partial charge on any atom is -0.481 e. The highest BCUT2D eigenvalue weighted by Crippen LogP contribution is 2.44. The number of carboxylic acid groups (broad SMARTS) is 1. The first-order valence-electron chi connectivity index (χ1n) is 11.5. The van der Waals surface area contributed by atoms with Crippen LogP contribution < -0.4 is 10.6 Å². The molecule has 0 saturated heterocycles. The van der Waals surface area contributed by atoms with Gasteiger partial charge in [-0.2, -0.15) is 0 Å². The summed E-state index contributed by atoms with van der Waals surface area (Å²) in [5, 5.41) is 14.6. The Bertz CT molecular complexity index is 1030. The fourth-order valence-corrected chi connectivity index (χ4v) is 4.32. The summed E-state index contributed by atoms with van der Waals surface area (Å²) in [7, 11) is 0. The Hall–Kier alpha value is -3.35. The second kappa shape index (κ2) is 9.87. The summed E-state index contributed by atoms with van der Waals surface area (Å²) < 4.78 is 5.62. The topological polar surface area (TPSA) is 105 Å². The number of hydrogen-bond acceptors (Lipinski definition) is 4. The molecule has 0 aliphatic heterocycles. The van der Waals surface area contributed by atoms with Gasteiger partial charge in [0.1, 0.15) is 12.6 Å². The van der Waals surface area contributed by atoms with Gasteiger partial charge in [0.2, 0.25) is 5.91 Å². The third-order valence-electron chi connectivity index (χ3n) is 6.16. The number of carbonyl (C=O) groups is 3. The maximum absolute atomic E-state index is 13.0. The van der Waals surface area contributed by atoms with Crippen LogP contribution in [-0.2, 0) is 14.3 Å². The van der Waals surface area contributed by atoms with Crippen LogP contribution in [0.5, 0.6) is 0 Å². The maximum Gasteiger partial charge on any atom is 0.407 e. The van der Waals surface area contributed by atoms with Crippen LogP contribution in [0.3, 0.4) is 0 Å². The van der Waals surface area contributed by atoms with Crippen molar-refractivity contribution < 1.29 is 24.2 Å². The van der Waals surface area contributed by atoms with Crippen LogP contribution in [0, 0.1) is 5.41 Å². The molecule has 3 N–H and O–H groups in total. The Morgan fingerprint density at radius 3 is 1.97 bits per heavy atom. The van der Waals surface area contributed by atoms with Crippen LogP contribution >= 0.6 is 0 Å². The van der Waals surface area contributed by atoms with E-state index in [4.69, 9.17) is 9.84 Å². The number of alkyl carbamates (subject to hydrolysis) is 1. The molecule has 7 heteroatoms.